The van der Waals surface area contributed by atoms with E-state index in [-0.39, 0.29) is 29.7 Å². The number of carbonyl (C=O) groups excluding carboxylic acids is 2. The molecule has 2 aliphatic heterocycles. The largest absolute Gasteiger partial charge is 0.376 e. The molecule has 1 unspecified atom stereocenters. The Morgan fingerprint density at radius 1 is 1.64 bits per heavy atom. The van der Waals surface area contributed by atoms with Crippen molar-refractivity contribution in [3.05, 3.63) is 0 Å². The molecular weight excluding hydrogens is 184 g/mol. The topological polar surface area (TPSA) is 81.4 Å². The fourth-order valence-electron chi connectivity index (χ4n) is 2.07. The first-order valence-corrected chi connectivity index (χ1v) is 4.79. The van der Waals surface area contributed by atoms with Crippen LogP contribution in [0.4, 0.5) is 0 Å². The van der Waals surface area contributed by atoms with Crippen LogP contribution in [0.5, 0.6) is 0 Å². The number of rotatable bonds is 3. The van der Waals surface area contributed by atoms with Crippen LogP contribution in [-0.2, 0) is 14.3 Å². The summed E-state index contributed by atoms with van der Waals surface area (Å²) in [5.74, 6) is -0.371. The number of primary amides is 1. The molecule has 1 atom stereocenters. The van der Waals surface area contributed by atoms with Gasteiger partial charge in [0.1, 0.15) is 0 Å². The van der Waals surface area contributed by atoms with Crippen molar-refractivity contribution in [3.63, 3.8) is 0 Å². The molecule has 2 rings (SSSR count). The second kappa shape index (κ2) is 3.24. The summed E-state index contributed by atoms with van der Waals surface area (Å²) in [5.41, 5.74) is 4.91. The summed E-state index contributed by atoms with van der Waals surface area (Å²) in [7, 11) is 0. The zero-order valence-electron chi connectivity index (χ0n) is 7.91. The predicted octanol–water partition coefficient (Wildman–Crippen LogP) is -0.843. The standard InChI is InChI=1S/C9H14N2O3/c10-7(12)2-1-6-3-9(4-14-5-9)11-8(6)13/h6H,1-5H2,(H2,10,12)(H,11,13). The van der Waals surface area contributed by atoms with E-state index in [0.29, 0.717) is 19.6 Å². The van der Waals surface area contributed by atoms with Gasteiger partial charge in [-0.2, -0.15) is 0 Å². The van der Waals surface area contributed by atoms with Crippen molar-refractivity contribution in [1.29, 1.82) is 0 Å². The van der Waals surface area contributed by atoms with Gasteiger partial charge in [0.15, 0.2) is 0 Å². The number of carbonyl (C=O) groups is 2. The Kier molecular flexibility index (Phi) is 2.19. The third-order valence-electron chi connectivity index (χ3n) is 2.89. The zero-order valence-corrected chi connectivity index (χ0v) is 7.91. The molecule has 0 aliphatic carbocycles. The van der Waals surface area contributed by atoms with Crippen molar-refractivity contribution >= 4 is 11.8 Å². The molecule has 0 aromatic heterocycles. The van der Waals surface area contributed by atoms with E-state index in [1.165, 1.54) is 0 Å². The van der Waals surface area contributed by atoms with Gasteiger partial charge in [-0.15, -0.1) is 0 Å². The van der Waals surface area contributed by atoms with E-state index >= 15 is 0 Å². The fraction of sp³-hybridized carbons (Fsp3) is 0.778. The number of hydrogen-bond donors (Lipinski definition) is 2. The predicted molar refractivity (Wildman–Crippen MR) is 48.2 cm³/mol. The molecule has 1 spiro atoms. The lowest BCUT2D eigenvalue weighted by Crippen LogP contribution is -2.57. The summed E-state index contributed by atoms with van der Waals surface area (Å²) >= 11 is 0. The number of hydrogen-bond acceptors (Lipinski definition) is 3. The number of amides is 2. The summed E-state index contributed by atoms with van der Waals surface area (Å²) in [6, 6.07) is 0. The van der Waals surface area contributed by atoms with Gasteiger partial charge >= 0.3 is 0 Å². The molecule has 2 heterocycles. The molecule has 3 N–H and O–H groups in total. The first-order valence-electron chi connectivity index (χ1n) is 4.79. The first kappa shape index (κ1) is 9.45. The molecule has 5 heteroatoms. The van der Waals surface area contributed by atoms with Crippen LogP contribution in [0.15, 0.2) is 0 Å². The van der Waals surface area contributed by atoms with Crippen LogP contribution in [-0.4, -0.2) is 30.6 Å². The molecule has 2 fully saturated rings. The van der Waals surface area contributed by atoms with Gasteiger partial charge in [0.25, 0.3) is 0 Å². The van der Waals surface area contributed by atoms with Gasteiger partial charge in [-0.05, 0) is 12.8 Å². The second-order valence-corrected chi connectivity index (χ2v) is 4.17. The maximum Gasteiger partial charge on any atom is 0.223 e. The van der Waals surface area contributed by atoms with Crippen molar-refractivity contribution < 1.29 is 14.3 Å². The van der Waals surface area contributed by atoms with Crippen molar-refractivity contribution in [2.24, 2.45) is 11.7 Å². The van der Waals surface area contributed by atoms with E-state index in [9.17, 15) is 9.59 Å². The first-order chi connectivity index (χ1) is 6.61. The van der Waals surface area contributed by atoms with Crippen LogP contribution in [0.2, 0.25) is 0 Å². The molecule has 5 nitrogen and oxygen atoms in total. The molecular formula is C9H14N2O3. The van der Waals surface area contributed by atoms with Crippen LogP contribution in [0.1, 0.15) is 19.3 Å². The summed E-state index contributed by atoms with van der Waals surface area (Å²) < 4.78 is 5.08. The van der Waals surface area contributed by atoms with Gasteiger partial charge in [-0.3, -0.25) is 9.59 Å². The zero-order chi connectivity index (χ0) is 10.2. The lowest BCUT2D eigenvalue weighted by molar-refractivity contribution is -0.126. The number of ether oxygens (including phenoxy) is 1. The van der Waals surface area contributed by atoms with Crippen molar-refractivity contribution in [3.8, 4) is 0 Å². The van der Waals surface area contributed by atoms with E-state index in [1.807, 2.05) is 0 Å². The van der Waals surface area contributed by atoms with Crippen molar-refractivity contribution in [2.45, 2.75) is 24.8 Å². The Labute approximate surface area is 82.0 Å². The van der Waals surface area contributed by atoms with Gasteiger partial charge in [-0.25, -0.2) is 0 Å². The fourth-order valence-corrected chi connectivity index (χ4v) is 2.07. The smallest absolute Gasteiger partial charge is 0.223 e. The molecule has 14 heavy (non-hydrogen) atoms. The molecule has 0 radical (unpaired) electrons. The maximum absolute atomic E-state index is 11.5. The minimum atomic E-state index is -0.344. The molecule has 0 aromatic carbocycles. The lowest BCUT2D eigenvalue weighted by atomic mass is 9.89. The number of nitrogens with one attached hydrogen (secondary N) is 1. The molecule has 2 saturated heterocycles. The van der Waals surface area contributed by atoms with E-state index in [4.69, 9.17) is 10.5 Å². The molecule has 78 valence electrons. The molecule has 2 aliphatic rings. The average Bonchev–Trinajstić information content (AvgIpc) is 2.39. The van der Waals surface area contributed by atoms with Crippen molar-refractivity contribution in [2.75, 3.05) is 13.2 Å². The third-order valence-corrected chi connectivity index (χ3v) is 2.89. The van der Waals surface area contributed by atoms with Gasteiger partial charge in [0.05, 0.1) is 18.8 Å². The minimum absolute atomic E-state index is 0.0366. The van der Waals surface area contributed by atoms with E-state index < -0.39 is 0 Å². The third kappa shape index (κ3) is 1.59. The Hall–Kier alpha value is -1.10. The normalized spacial score (nSPS) is 28.6. The highest BCUT2D eigenvalue weighted by Crippen LogP contribution is 2.33. The van der Waals surface area contributed by atoms with Gasteiger partial charge in [-0.1, -0.05) is 0 Å². The minimum Gasteiger partial charge on any atom is -0.376 e. The van der Waals surface area contributed by atoms with Gasteiger partial charge < -0.3 is 15.8 Å². The Bertz CT molecular complexity index is 273. The summed E-state index contributed by atoms with van der Waals surface area (Å²) in [4.78, 5) is 22.0. The highest BCUT2D eigenvalue weighted by molar-refractivity contribution is 5.83. The van der Waals surface area contributed by atoms with Gasteiger partial charge in [0, 0.05) is 12.3 Å². The quantitative estimate of drug-likeness (QED) is 0.620. The number of nitrogens with two attached hydrogens (primary N) is 1. The Balaban J connectivity index is 1.88. The molecule has 0 aromatic rings. The highest BCUT2D eigenvalue weighted by atomic mass is 16.5. The summed E-state index contributed by atoms with van der Waals surface area (Å²) in [5, 5.41) is 2.92. The van der Waals surface area contributed by atoms with Crippen LogP contribution in [0.3, 0.4) is 0 Å². The van der Waals surface area contributed by atoms with E-state index in [2.05, 4.69) is 5.32 Å². The van der Waals surface area contributed by atoms with Crippen LogP contribution < -0.4 is 11.1 Å². The maximum atomic E-state index is 11.5. The molecule has 0 saturated carbocycles. The van der Waals surface area contributed by atoms with E-state index in [1.54, 1.807) is 0 Å². The van der Waals surface area contributed by atoms with Crippen molar-refractivity contribution in [1.82, 2.24) is 5.32 Å². The van der Waals surface area contributed by atoms with Crippen LogP contribution in [0, 0.1) is 5.92 Å². The highest BCUT2D eigenvalue weighted by Gasteiger charge is 2.48. The summed E-state index contributed by atoms with van der Waals surface area (Å²) in [6.45, 7) is 1.21. The SMILES string of the molecule is NC(=O)CCC1CC2(COC2)NC1=O. The molecule has 0 bridgehead atoms. The second-order valence-electron chi connectivity index (χ2n) is 4.17. The molecule has 2 amide bonds. The van der Waals surface area contributed by atoms with Crippen LogP contribution in [0.25, 0.3) is 0 Å². The lowest BCUT2D eigenvalue weighted by Gasteiger charge is -2.37. The van der Waals surface area contributed by atoms with Crippen LogP contribution >= 0.6 is 0 Å². The van der Waals surface area contributed by atoms with Gasteiger partial charge in [0.2, 0.25) is 11.8 Å². The summed E-state index contributed by atoms with van der Waals surface area (Å²) in [6.07, 6.45) is 1.62. The monoisotopic (exact) mass is 198 g/mol. The Morgan fingerprint density at radius 3 is 2.79 bits per heavy atom. The Morgan fingerprint density at radius 2 is 2.36 bits per heavy atom. The average molecular weight is 198 g/mol. The van der Waals surface area contributed by atoms with E-state index in [0.717, 1.165) is 6.42 Å².